The zero-order valence-corrected chi connectivity index (χ0v) is 12.1. The Kier molecular flexibility index (Phi) is 4.55. The van der Waals surface area contributed by atoms with Crippen LogP contribution in [-0.4, -0.2) is 35.5 Å². The van der Waals surface area contributed by atoms with Crippen LogP contribution in [0.4, 0.5) is 0 Å². The van der Waals surface area contributed by atoms with Crippen LogP contribution in [0.5, 0.6) is 5.88 Å². The van der Waals surface area contributed by atoms with E-state index in [2.05, 4.69) is 48.2 Å². The summed E-state index contributed by atoms with van der Waals surface area (Å²) in [5, 5.41) is 1.13. The minimum Gasteiger partial charge on any atom is -0.475 e. The molecule has 98 valence electrons. The average molecular weight is 264 g/mol. The number of aromatic nitrogens is 1. The molecule has 3 nitrogen and oxygen atoms in total. The Balaban J connectivity index is 2.00. The second-order valence-corrected chi connectivity index (χ2v) is 5.17. The molecular weight excluding hydrogens is 244 g/mol. The second kappa shape index (κ2) is 6.16. The molecule has 4 heteroatoms. The molecule has 0 atom stereocenters. The van der Waals surface area contributed by atoms with Gasteiger partial charge in [0.05, 0.1) is 10.1 Å². The molecule has 18 heavy (non-hydrogen) atoms. The molecule has 0 aliphatic rings. The molecule has 0 spiro atoms. The van der Waals surface area contributed by atoms with Gasteiger partial charge in [0.25, 0.3) is 0 Å². The third-order valence-electron chi connectivity index (χ3n) is 3.14. The molecule has 0 amide bonds. The number of benzene rings is 1. The van der Waals surface area contributed by atoms with Crippen molar-refractivity contribution in [2.24, 2.45) is 0 Å². The minimum atomic E-state index is 0.703. The summed E-state index contributed by atoms with van der Waals surface area (Å²) in [5.74, 6) is 0.780. The van der Waals surface area contributed by atoms with Crippen molar-refractivity contribution in [1.82, 2.24) is 9.27 Å². The van der Waals surface area contributed by atoms with Crippen molar-refractivity contribution >= 4 is 21.6 Å². The molecule has 0 radical (unpaired) electrons. The largest absolute Gasteiger partial charge is 0.475 e. The number of nitrogens with zero attached hydrogens (tertiary/aromatic N) is 2. The maximum absolute atomic E-state index is 5.79. The van der Waals surface area contributed by atoms with Crippen LogP contribution in [0.25, 0.3) is 10.1 Å². The van der Waals surface area contributed by atoms with E-state index in [1.807, 2.05) is 0 Å². The van der Waals surface area contributed by atoms with E-state index < -0.39 is 0 Å². The molecule has 0 N–H and O–H groups in total. The highest BCUT2D eigenvalue weighted by Gasteiger charge is 2.07. The molecule has 0 saturated heterocycles. The Hall–Kier alpha value is -1.13. The van der Waals surface area contributed by atoms with Crippen molar-refractivity contribution in [2.75, 3.05) is 26.2 Å². The lowest BCUT2D eigenvalue weighted by molar-refractivity contribution is 0.220. The van der Waals surface area contributed by atoms with E-state index >= 15 is 0 Å². The van der Waals surface area contributed by atoms with Gasteiger partial charge >= 0.3 is 0 Å². The molecule has 0 saturated carbocycles. The van der Waals surface area contributed by atoms with Gasteiger partial charge < -0.3 is 9.64 Å². The molecule has 1 aromatic heterocycles. The van der Waals surface area contributed by atoms with Crippen LogP contribution in [0, 0.1) is 6.92 Å². The first-order valence-electron chi connectivity index (χ1n) is 6.45. The van der Waals surface area contributed by atoms with E-state index in [-0.39, 0.29) is 0 Å². The Bertz CT molecular complexity index is 505. The van der Waals surface area contributed by atoms with Crippen molar-refractivity contribution in [2.45, 2.75) is 20.8 Å². The van der Waals surface area contributed by atoms with E-state index in [1.54, 1.807) is 0 Å². The molecular formula is C14H20N2OS. The van der Waals surface area contributed by atoms with E-state index in [1.165, 1.54) is 21.8 Å². The van der Waals surface area contributed by atoms with Gasteiger partial charge in [0.15, 0.2) is 0 Å². The van der Waals surface area contributed by atoms with Crippen molar-refractivity contribution in [3.8, 4) is 5.88 Å². The predicted octanol–water partition coefficient (Wildman–Crippen LogP) is 3.33. The van der Waals surface area contributed by atoms with Crippen LogP contribution < -0.4 is 4.74 Å². The monoisotopic (exact) mass is 264 g/mol. The molecule has 0 fully saturated rings. The van der Waals surface area contributed by atoms with Gasteiger partial charge in [0.2, 0.25) is 5.88 Å². The fraction of sp³-hybridized carbons (Fsp3) is 0.500. The van der Waals surface area contributed by atoms with Crippen molar-refractivity contribution < 1.29 is 4.74 Å². The SMILES string of the molecule is CCN(CC)CCOc1nsc2cc(C)ccc12. The smallest absolute Gasteiger partial charge is 0.233 e. The molecule has 0 aliphatic carbocycles. The minimum absolute atomic E-state index is 0.703. The van der Waals surface area contributed by atoms with Gasteiger partial charge in [-0.15, -0.1) is 0 Å². The summed E-state index contributed by atoms with van der Waals surface area (Å²) in [6.07, 6.45) is 0. The molecule has 1 aromatic carbocycles. The quantitative estimate of drug-likeness (QED) is 0.800. The Morgan fingerprint density at radius 3 is 2.78 bits per heavy atom. The van der Waals surface area contributed by atoms with Crippen LogP contribution in [0.3, 0.4) is 0 Å². The van der Waals surface area contributed by atoms with E-state index in [0.717, 1.165) is 30.9 Å². The third kappa shape index (κ3) is 3.00. The molecule has 0 bridgehead atoms. The zero-order valence-electron chi connectivity index (χ0n) is 11.3. The molecule has 2 aromatic rings. The van der Waals surface area contributed by atoms with E-state index in [0.29, 0.717) is 6.61 Å². The number of fused-ring (bicyclic) bond motifs is 1. The van der Waals surface area contributed by atoms with Gasteiger partial charge in [-0.25, -0.2) is 0 Å². The Morgan fingerprint density at radius 2 is 2.06 bits per heavy atom. The zero-order chi connectivity index (χ0) is 13.0. The lowest BCUT2D eigenvalue weighted by Crippen LogP contribution is -2.27. The van der Waals surface area contributed by atoms with Crippen LogP contribution in [0.1, 0.15) is 19.4 Å². The number of hydrogen-bond donors (Lipinski definition) is 0. The summed E-state index contributed by atoms with van der Waals surface area (Å²) in [5.41, 5.74) is 1.26. The number of likely N-dealkylation sites (N-methyl/N-ethyl adjacent to an activating group) is 1. The van der Waals surface area contributed by atoms with Gasteiger partial charge in [0, 0.05) is 6.54 Å². The lowest BCUT2D eigenvalue weighted by atomic mass is 10.2. The molecule has 1 heterocycles. The predicted molar refractivity (Wildman–Crippen MR) is 77.6 cm³/mol. The first-order chi connectivity index (χ1) is 8.74. The van der Waals surface area contributed by atoms with Gasteiger partial charge in [-0.05, 0) is 49.2 Å². The topological polar surface area (TPSA) is 25.4 Å². The van der Waals surface area contributed by atoms with Crippen LogP contribution >= 0.6 is 11.5 Å². The summed E-state index contributed by atoms with van der Waals surface area (Å²) < 4.78 is 11.4. The highest BCUT2D eigenvalue weighted by atomic mass is 32.1. The number of ether oxygens (including phenoxy) is 1. The first kappa shape index (κ1) is 13.3. The molecule has 0 unspecified atom stereocenters. The normalized spacial score (nSPS) is 11.3. The lowest BCUT2D eigenvalue weighted by Gasteiger charge is -2.17. The third-order valence-corrected chi connectivity index (χ3v) is 3.93. The van der Waals surface area contributed by atoms with Crippen molar-refractivity contribution in [3.05, 3.63) is 23.8 Å². The van der Waals surface area contributed by atoms with Crippen molar-refractivity contribution in [1.29, 1.82) is 0 Å². The van der Waals surface area contributed by atoms with Gasteiger partial charge in [-0.3, -0.25) is 0 Å². The number of hydrogen-bond acceptors (Lipinski definition) is 4. The number of aryl methyl sites for hydroxylation is 1. The van der Waals surface area contributed by atoms with E-state index in [4.69, 9.17) is 4.74 Å². The highest BCUT2D eigenvalue weighted by Crippen LogP contribution is 2.29. The average Bonchev–Trinajstić information content (AvgIpc) is 2.77. The highest BCUT2D eigenvalue weighted by molar-refractivity contribution is 7.13. The first-order valence-corrected chi connectivity index (χ1v) is 7.23. The van der Waals surface area contributed by atoms with Crippen molar-refractivity contribution in [3.63, 3.8) is 0 Å². The summed E-state index contributed by atoms with van der Waals surface area (Å²) in [4.78, 5) is 2.35. The fourth-order valence-electron chi connectivity index (χ4n) is 1.94. The van der Waals surface area contributed by atoms with Gasteiger partial charge in [0.1, 0.15) is 6.61 Å². The summed E-state index contributed by atoms with van der Waals surface area (Å²) >= 11 is 1.51. The standard InChI is InChI=1S/C14H20N2OS/c1-4-16(5-2)8-9-17-14-12-7-6-11(3)10-13(12)18-15-14/h6-7,10H,4-5,8-9H2,1-3H3. The van der Waals surface area contributed by atoms with E-state index in [9.17, 15) is 0 Å². The Morgan fingerprint density at radius 1 is 1.28 bits per heavy atom. The van der Waals surface area contributed by atoms with Crippen LogP contribution in [0.2, 0.25) is 0 Å². The Labute approximate surface area is 113 Å². The maximum Gasteiger partial charge on any atom is 0.233 e. The molecule has 0 aliphatic heterocycles. The maximum atomic E-state index is 5.79. The number of rotatable bonds is 6. The fourth-order valence-corrected chi connectivity index (χ4v) is 2.76. The summed E-state index contributed by atoms with van der Waals surface area (Å²) in [6, 6.07) is 6.36. The summed E-state index contributed by atoms with van der Waals surface area (Å²) in [6.45, 7) is 10.2. The molecule has 2 rings (SSSR count). The summed E-state index contributed by atoms with van der Waals surface area (Å²) in [7, 11) is 0. The second-order valence-electron chi connectivity index (χ2n) is 4.36. The van der Waals surface area contributed by atoms with Crippen LogP contribution in [0.15, 0.2) is 18.2 Å². The van der Waals surface area contributed by atoms with Gasteiger partial charge in [-0.1, -0.05) is 19.9 Å². The van der Waals surface area contributed by atoms with Gasteiger partial charge in [-0.2, -0.15) is 4.37 Å². The van der Waals surface area contributed by atoms with Crippen LogP contribution in [-0.2, 0) is 0 Å².